The highest BCUT2D eigenvalue weighted by Crippen LogP contribution is 2.27. The van der Waals surface area contributed by atoms with Crippen LogP contribution in [-0.2, 0) is 0 Å². The van der Waals surface area contributed by atoms with Crippen LogP contribution in [0.4, 0.5) is 0 Å². The quantitative estimate of drug-likeness (QED) is 0.562. The van der Waals surface area contributed by atoms with E-state index >= 15 is 0 Å². The largest absolute Gasteiger partial charge is 0.490 e. The van der Waals surface area contributed by atoms with Crippen LogP contribution in [0.15, 0.2) is 53.4 Å². The SMILES string of the molecule is O=C(CSc1cccc(Cl)c1)c1ccc(OC2CC2)cc1. The molecule has 1 aliphatic carbocycles. The Morgan fingerprint density at radius 3 is 2.62 bits per heavy atom. The van der Waals surface area contributed by atoms with Gasteiger partial charge in [-0.05, 0) is 55.3 Å². The van der Waals surface area contributed by atoms with Crippen molar-refractivity contribution in [1.29, 1.82) is 0 Å². The number of Topliss-reactive ketones (excluding diaryl/α,β-unsaturated/α-hetero) is 1. The summed E-state index contributed by atoms with van der Waals surface area (Å²) in [5.41, 5.74) is 0.715. The molecular formula is C17H15ClO2S. The third kappa shape index (κ3) is 4.26. The third-order valence-corrected chi connectivity index (χ3v) is 4.40. The van der Waals surface area contributed by atoms with E-state index in [0.29, 0.717) is 22.4 Å². The van der Waals surface area contributed by atoms with Crippen LogP contribution in [-0.4, -0.2) is 17.6 Å². The van der Waals surface area contributed by atoms with Gasteiger partial charge in [0, 0.05) is 15.5 Å². The van der Waals surface area contributed by atoms with Crippen LogP contribution in [0.2, 0.25) is 5.02 Å². The van der Waals surface area contributed by atoms with Crippen molar-refractivity contribution in [3.05, 3.63) is 59.1 Å². The second-order valence-electron chi connectivity index (χ2n) is 5.01. The lowest BCUT2D eigenvalue weighted by Gasteiger charge is -2.06. The normalized spacial score (nSPS) is 14.0. The van der Waals surface area contributed by atoms with Crippen LogP contribution in [0, 0.1) is 0 Å². The zero-order valence-electron chi connectivity index (χ0n) is 11.4. The Kier molecular flexibility index (Phi) is 4.51. The molecule has 1 fully saturated rings. The van der Waals surface area contributed by atoms with Gasteiger partial charge < -0.3 is 4.74 Å². The van der Waals surface area contributed by atoms with Crippen molar-refractivity contribution in [2.75, 3.05) is 5.75 Å². The fourth-order valence-corrected chi connectivity index (χ4v) is 2.99. The predicted molar refractivity (Wildman–Crippen MR) is 86.6 cm³/mol. The van der Waals surface area contributed by atoms with Crippen molar-refractivity contribution in [2.45, 2.75) is 23.8 Å². The van der Waals surface area contributed by atoms with Crippen LogP contribution < -0.4 is 4.74 Å². The van der Waals surface area contributed by atoms with Crippen LogP contribution in [0.1, 0.15) is 23.2 Å². The van der Waals surface area contributed by atoms with Gasteiger partial charge in [-0.25, -0.2) is 0 Å². The van der Waals surface area contributed by atoms with E-state index in [1.165, 1.54) is 11.8 Å². The van der Waals surface area contributed by atoms with Crippen LogP contribution in [0.5, 0.6) is 5.75 Å². The van der Waals surface area contributed by atoms with Gasteiger partial charge in [0.1, 0.15) is 5.75 Å². The summed E-state index contributed by atoms with van der Waals surface area (Å²) in [6.07, 6.45) is 2.65. The minimum atomic E-state index is 0.109. The highest BCUT2D eigenvalue weighted by molar-refractivity contribution is 8.00. The van der Waals surface area contributed by atoms with Crippen LogP contribution >= 0.6 is 23.4 Å². The maximum absolute atomic E-state index is 12.2. The van der Waals surface area contributed by atoms with Crippen molar-refractivity contribution in [3.8, 4) is 5.75 Å². The molecule has 0 bridgehead atoms. The summed E-state index contributed by atoms with van der Waals surface area (Å²) in [5.74, 6) is 1.36. The first-order valence-electron chi connectivity index (χ1n) is 6.89. The first kappa shape index (κ1) is 14.5. The Morgan fingerprint density at radius 2 is 1.95 bits per heavy atom. The summed E-state index contributed by atoms with van der Waals surface area (Å²) in [6, 6.07) is 14.9. The second kappa shape index (κ2) is 6.54. The third-order valence-electron chi connectivity index (χ3n) is 3.17. The second-order valence-corrected chi connectivity index (χ2v) is 6.50. The van der Waals surface area contributed by atoms with Crippen LogP contribution in [0.25, 0.3) is 0 Å². The van der Waals surface area contributed by atoms with Gasteiger partial charge in [-0.2, -0.15) is 0 Å². The van der Waals surface area contributed by atoms with Gasteiger partial charge in [0.2, 0.25) is 0 Å². The van der Waals surface area contributed by atoms with E-state index in [2.05, 4.69) is 0 Å². The molecule has 0 N–H and O–H groups in total. The number of ketones is 1. The molecule has 21 heavy (non-hydrogen) atoms. The molecule has 0 radical (unpaired) electrons. The van der Waals surface area contributed by atoms with E-state index in [-0.39, 0.29) is 5.78 Å². The fourth-order valence-electron chi connectivity index (χ4n) is 1.89. The first-order valence-corrected chi connectivity index (χ1v) is 8.25. The van der Waals surface area contributed by atoms with Gasteiger partial charge in [0.05, 0.1) is 11.9 Å². The maximum Gasteiger partial charge on any atom is 0.173 e. The number of hydrogen-bond acceptors (Lipinski definition) is 3. The Balaban J connectivity index is 1.57. The van der Waals surface area contributed by atoms with E-state index in [4.69, 9.17) is 16.3 Å². The number of thioether (sulfide) groups is 1. The Labute approximate surface area is 133 Å². The summed E-state index contributed by atoms with van der Waals surface area (Å²) in [7, 11) is 0. The predicted octanol–water partition coefficient (Wildman–Crippen LogP) is 4.86. The molecule has 4 heteroatoms. The van der Waals surface area contributed by atoms with E-state index in [0.717, 1.165) is 23.5 Å². The lowest BCUT2D eigenvalue weighted by atomic mass is 10.1. The zero-order chi connectivity index (χ0) is 14.7. The summed E-state index contributed by atoms with van der Waals surface area (Å²) in [5, 5.41) is 0.689. The molecule has 0 aromatic heterocycles. The number of carbonyl (C=O) groups is 1. The summed E-state index contributed by atoms with van der Waals surface area (Å²) in [6.45, 7) is 0. The summed E-state index contributed by atoms with van der Waals surface area (Å²) in [4.78, 5) is 13.2. The van der Waals surface area contributed by atoms with Gasteiger partial charge in [0.15, 0.2) is 5.78 Å². The molecule has 0 saturated heterocycles. The molecule has 0 spiro atoms. The highest BCUT2D eigenvalue weighted by Gasteiger charge is 2.23. The molecule has 2 aromatic carbocycles. The summed E-state index contributed by atoms with van der Waals surface area (Å²) < 4.78 is 5.67. The van der Waals surface area contributed by atoms with Crippen molar-refractivity contribution >= 4 is 29.1 Å². The van der Waals surface area contributed by atoms with E-state index < -0.39 is 0 Å². The fraction of sp³-hybridized carbons (Fsp3) is 0.235. The lowest BCUT2D eigenvalue weighted by molar-refractivity contribution is 0.102. The minimum absolute atomic E-state index is 0.109. The number of rotatable bonds is 6. The molecule has 2 nitrogen and oxygen atoms in total. The Morgan fingerprint density at radius 1 is 1.19 bits per heavy atom. The van der Waals surface area contributed by atoms with E-state index in [1.807, 2.05) is 48.5 Å². The highest BCUT2D eigenvalue weighted by atomic mass is 35.5. The molecule has 0 aliphatic heterocycles. The first-order chi connectivity index (χ1) is 10.2. The topological polar surface area (TPSA) is 26.3 Å². The average molecular weight is 319 g/mol. The molecule has 0 unspecified atom stereocenters. The van der Waals surface area contributed by atoms with E-state index in [1.54, 1.807) is 0 Å². The number of benzene rings is 2. The van der Waals surface area contributed by atoms with Crippen molar-refractivity contribution in [1.82, 2.24) is 0 Å². The van der Waals surface area contributed by atoms with Gasteiger partial charge in [-0.15, -0.1) is 11.8 Å². The van der Waals surface area contributed by atoms with E-state index in [9.17, 15) is 4.79 Å². The molecule has 2 aromatic rings. The number of hydrogen-bond donors (Lipinski definition) is 0. The molecule has 0 atom stereocenters. The zero-order valence-corrected chi connectivity index (χ0v) is 13.0. The summed E-state index contributed by atoms with van der Waals surface area (Å²) >= 11 is 7.43. The monoisotopic (exact) mass is 318 g/mol. The number of ether oxygens (including phenoxy) is 1. The van der Waals surface area contributed by atoms with Crippen molar-refractivity contribution < 1.29 is 9.53 Å². The smallest absolute Gasteiger partial charge is 0.173 e. The lowest BCUT2D eigenvalue weighted by Crippen LogP contribution is -2.02. The molecule has 1 aliphatic rings. The van der Waals surface area contributed by atoms with Gasteiger partial charge >= 0.3 is 0 Å². The van der Waals surface area contributed by atoms with Crippen molar-refractivity contribution in [3.63, 3.8) is 0 Å². The molecular weight excluding hydrogens is 304 g/mol. The molecule has 1 saturated carbocycles. The molecule has 0 amide bonds. The average Bonchev–Trinajstić information content (AvgIpc) is 3.30. The van der Waals surface area contributed by atoms with Crippen LogP contribution in [0.3, 0.4) is 0 Å². The minimum Gasteiger partial charge on any atom is -0.490 e. The molecule has 0 heterocycles. The Hall–Kier alpha value is -1.45. The van der Waals surface area contributed by atoms with Crippen molar-refractivity contribution in [2.24, 2.45) is 0 Å². The van der Waals surface area contributed by atoms with Gasteiger partial charge in [-0.3, -0.25) is 4.79 Å². The standard InChI is InChI=1S/C17H15ClO2S/c18-13-2-1-3-16(10-13)21-11-17(19)12-4-6-14(7-5-12)20-15-8-9-15/h1-7,10,15H,8-9,11H2. The number of halogens is 1. The van der Waals surface area contributed by atoms with Gasteiger partial charge in [0.25, 0.3) is 0 Å². The Bertz CT molecular complexity index is 635. The molecule has 3 rings (SSSR count). The maximum atomic E-state index is 12.2. The molecule has 108 valence electrons. The van der Waals surface area contributed by atoms with Gasteiger partial charge in [-0.1, -0.05) is 17.7 Å². The number of carbonyl (C=O) groups excluding carboxylic acids is 1.